The van der Waals surface area contributed by atoms with E-state index in [4.69, 9.17) is 4.74 Å². The van der Waals surface area contributed by atoms with E-state index in [-0.39, 0.29) is 24.1 Å². The summed E-state index contributed by atoms with van der Waals surface area (Å²) >= 11 is 1.63. The van der Waals surface area contributed by atoms with Gasteiger partial charge in [-0.3, -0.25) is 0 Å². The number of nitrogens with zero attached hydrogens (tertiary/aromatic N) is 1. The molecule has 1 saturated carbocycles. The number of rotatable bonds is 3. The molecule has 1 aliphatic heterocycles. The molecular weight excluding hydrogens is 320 g/mol. The maximum atomic E-state index is 12.4. The van der Waals surface area contributed by atoms with Crippen molar-refractivity contribution in [2.75, 3.05) is 0 Å². The van der Waals surface area contributed by atoms with Crippen molar-refractivity contribution in [2.45, 2.75) is 56.9 Å². The second-order valence-corrected chi connectivity index (χ2v) is 9.14. The molecule has 122 valence electrons. The maximum Gasteiger partial charge on any atom is 0.299 e. The summed E-state index contributed by atoms with van der Waals surface area (Å²) in [5, 5.41) is 1.58. The Morgan fingerprint density at radius 1 is 1.36 bits per heavy atom. The first-order chi connectivity index (χ1) is 10.5. The van der Waals surface area contributed by atoms with Crippen molar-refractivity contribution < 1.29 is 13.2 Å². The number of amidine groups is 1. The van der Waals surface area contributed by atoms with E-state index < -0.39 is 15.3 Å². The third kappa shape index (κ3) is 3.15. The van der Waals surface area contributed by atoms with E-state index in [9.17, 15) is 8.42 Å². The Kier molecular flexibility index (Phi) is 4.45. The first kappa shape index (κ1) is 15.8. The van der Waals surface area contributed by atoms with Gasteiger partial charge in [-0.2, -0.15) is 0 Å². The van der Waals surface area contributed by atoms with Crippen LogP contribution in [0.5, 0.6) is 0 Å². The molecule has 1 aromatic rings. The van der Waals surface area contributed by atoms with Crippen LogP contribution in [-0.2, 0) is 14.8 Å². The zero-order valence-electron chi connectivity index (χ0n) is 12.9. The highest BCUT2D eigenvalue weighted by Gasteiger charge is 2.42. The number of nitrogens with one attached hydrogen (secondary N) is 1. The van der Waals surface area contributed by atoms with Crippen LogP contribution in [-0.4, -0.2) is 25.8 Å². The van der Waals surface area contributed by atoms with Gasteiger partial charge in [0.05, 0.1) is 6.04 Å². The van der Waals surface area contributed by atoms with Gasteiger partial charge in [0.25, 0.3) is 6.02 Å². The molecule has 22 heavy (non-hydrogen) atoms. The van der Waals surface area contributed by atoms with Gasteiger partial charge in [0.1, 0.15) is 11.4 Å². The molecule has 1 aliphatic carbocycles. The lowest BCUT2D eigenvalue weighted by Gasteiger charge is -2.36. The van der Waals surface area contributed by atoms with Crippen molar-refractivity contribution in [3.63, 3.8) is 0 Å². The lowest BCUT2D eigenvalue weighted by atomic mass is 9.97. The number of thiophene rings is 1. The monoisotopic (exact) mass is 342 g/mol. The second-order valence-electron chi connectivity index (χ2n) is 6.26. The topological polar surface area (TPSA) is 67.8 Å². The molecule has 1 aromatic heterocycles. The molecule has 3 atom stereocenters. The highest BCUT2D eigenvalue weighted by atomic mass is 32.2. The molecule has 1 N–H and O–H groups in total. The predicted molar refractivity (Wildman–Crippen MR) is 88.5 cm³/mol. The van der Waals surface area contributed by atoms with Crippen LogP contribution in [0.4, 0.5) is 0 Å². The van der Waals surface area contributed by atoms with Crippen LogP contribution in [0.25, 0.3) is 0 Å². The van der Waals surface area contributed by atoms with Crippen LogP contribution < -0.4 is 4.72 Å². The van der Waals surface area contributed by atoms with E-state index in [1.807, 2.05) is 17.5 Å². The van der Waals surface area contributed by atoms with Gasteiger partial charge < -0.3 is 4.74 Å². The molecule has 2 heterocycles. The van der Waals surface area contributed by atoms with E-state index in [0.717, 1.165) is 24.1 Å². The van der Waals surface area contributed by atoms with Gasteiger partial charge >= 0.3 is 0 Å². The average molecular weight is 342 g/mol. The Bertz CT molecular complexity index is 638. The highest BCUT2D eigenvalue weighted by molar-refractivity contribution is 7.90. The normalized spacial score (nSPS) is 30.4. The number of sulfonamides is 1. The van der Waals surface area contributed by atoms with Gasteiger partial charge in [0, 0.05) is 4.88 Å². The fraction of sp³-hybridized carbons (Fsp3) is 0.667. The summed E-state index contributed by atoms with van der Waals surface area (Å²) in [6.45, 7) is 4.16. The van der Waals surface area contributed by atoms with Crippen LogP contribution in [0.1, 0.15) is 50.4 Å². The van der Waals surface area contributed by atoms with Crippen molar-refractivity contribution in [1.29, 1.82) is 0 Å². The molecule has 0 bridgehead atoms. The van der Waals surface area contributed by atoms with E-state index >= 15 is 0 Å². The van der Waals surface area contributed by atoms with Crippen molar-refractivity contribution in [3.05, 3.63) is 22.4 Å². The first-order valence-electron chi connectivity index (χ1n) is 7.77. The first-order valence-corrected chi connectivity index (χ1v) is 10.2. The molecule has 0 spiro atoms. The smallest absolute Gasteiger partial charge is 0.299 e. The molecule has 2 fully saturated rings. The molecule has 1 saturated heterocycles. The van der Waals surface area contributed by atoms with E-state index in [1.165, 1.54) is 0 Å². The van der Waals surface area contributed by atoms with Gasteiger partial charge in [-0.1, -0.05) is 26.3 Å². The number of ether oxygens (including phenoxy) is 1. The quantitative estimate of drug-likeness (QED) is 0.918. The molecule has 3 unspecified atom stereocenters. The van der Waals surface area contributed by atoms with E-state index in [0.29, 0.717) is 6.42 Å². The minimum atomic E-state index is -3.38. The van der Waals surface area contributed by atoms with E-state index in [2.05, 4.69) is 23.6 Å². The van der Waals surface area contributed by atoms with Crippen molar-refractivity contribution >= 4 is 27.4 Å². The summed E-state index contributed by atoms with van der Waals surface area (Å²) < 4.78 is 33.2. The molecule has 7 heteroatoms. The fourth-order valence-corrected chi connectivity index (χ4v) is 5.60. The third-order valence-corrected chi connectivity index (χ3v) is 6.99. The van der Waals surface area contributed by atoms with Crippen molar-refractivity contribution in [3.8, 4) is 0 Å². The summed E-state index contributed by atoms with van der Waals surface area (Å²) in [6.07, 6.45) is 3.17. The van der Waals surface area contributed by atoms with Gasteiger partial charge in [-0.05, 0) is 36.6 Å². The fourth-order valence-electron chi connectivity index (χ4n) is 3.10. The minimum Gasteiger partial charge on any atom is -0.460 e. The third-order valence-electron chi connectivity index (χ3n) is 4.26. The Morgan fingerprint density at radius 3 is 2.82 bits per heavy atom. The maximum absolute atomic E-state index is 12.4. The molecule has 2 aliphatic rings. The van der Waals surface area contributed by atoms with E-state index in [1.54, 1.807) is 11.3 Å². The minimum absolute atomic E-state index is 0.0853. The number of aliphatic imine (C=N–C) groups is 1. The number of hydrogen-bond donors (Lipinski definition) is 1. The molecular formula is C15H22N2O3S2. The summed E-state index contributed by atoms with van der Waals surface area (Å²) in [6, 6.07) is 4.09. The predicted octanol–water partition coefficient (Wildman–Crippen LogP) is 3.06. The Balaban J connectivity index is 1.87. The molecule has 5 nitrogen and oxygen atoms in total. The lowest BCUT2D eigenvalue weighted by molar-refractivity contribution is 0.130. The van der Waals surface area contributed by atoms with Crippen molar-refractivity contribution in [1.82, 2.24) is 4.72 Å². The van der Waals surface area contributed by atoms with Crippen LogP contribution in [0, 0.1) is 5.92 Å². The molecule has 3 rings (SSSR count). The highest BCUT2D eigenvalue weighted by Crippen LogP contribution is 2.32. The number of fused-ring (bicyclic) bond motifs is 1. The van der Waals surface area contributed by atoms with Crippen LogP contribution in [0.2, 0.25) is 0 Å². The molecule has 0 aromatic carbocycles. The average Bonchev–Trinajstić information content (AvgIpc) is 2.97. The summed E-state index contributed by atoms with van der Waals surface area (Å²) in [4.78, 5) is 5.70. The standard InChI is InChI=1S/C15H22N2O3S2/c1-10(2)14(12-7-5-9-21-12)16-15-17-22(18,19)13-8-4-3-6-11(13)20-15/h5,7,9-11,13-14H,3-4,6,8H2,1-2H3,(H,16,17). The molecule has 0 amide bonds. The SMILES string of the molecule is CC(C)C(N=C1NS(=O)(=O)C2CCCCC2O1)c1cccs1. The van der Waals surface area contributed by atoms with Gasteiger partial charge in [-0.15, -0.1) is 11.3 Å². The second kappa shape index (κ2) is 6.20. The van der Waals surface area contributed by atoms with Crippen LogP contribution >= 0.6 is 11.3 Å². The van der Waals surface area contributed by atoms with Gasteiger partial charge in [0.15, 0.2) is 0 Å². The van der Waals surface area contributed by atoms with Crippen LogP contribution in [0.3, 0.4) is 0 Å². The summed E-state index contributed by atoms with van der Waals surface area (Å²) in [5.41, 5.74) is 0. The Labute approximate surface area is 135 Å². The summed E-state index contributed by atoms with van der Waals surface area (Å²) in [7, 11) is -3.38. The lowest BCUT2D eigenvalue weighted by Crippen LogP contribution is -2.54. The largest absolute Gasteiger partial charge is 0.460 e. The zero-order valence-corrected chi connectivity index (χ0v) is 14.5. The number of hydrogen-bond acceptors (Lipinski definition) is 5. The van der Waals surface area contributed by atoms with Gasteiger partial charge in [-0.25, -0.2) is 18.1 Å². The summed E-state index contributed by atoms with van der Waals surface area (Å²) in [5.74, 6) is 0.267. The Morgan fingerprint density at radius 2 is 2.14 bits per heavy atom. The Hall–Kier alpha value is -1.08. The van der Waals surface area contributed by atoms with Gasteiger partial charge in [0.2, 0.25) is 10.0 Å². The molecule has 0 radical (unpaired) electrons. The zero-order chi connectivity index (χ0) is 15.7. The van der Waals surface area contributed by atoms with Crippen LogP contribution in [0.15, 0.2) is 22.5 Å². The van der Waals surface area contributed by atoms with Crippen molar-refractivity contribution in [2.24, 2.45) is 10.9 Å².